The summed E-state index contributed by atoms with van der Waals surface area (Å²) in [5.41, 5.74) is 0. The Hall–Kier alpha value is 0.311. The second-order valence-electron chi connectivity index (χ2n) is 0.346. The minimum Gasteiger partial charge on any atom is -0.412 e. The summed E-state index contributed by atoms with van der Waals surface area (Å²) in [6.45, 7) is 0. The van der Waals surface area contributed by atoms with Gasteiger partial charge in [-0.1, -0.05) is 0 Å². The summed E-state index contributed by atoms with van der Waals surface area (Å²) in [6, 6.07) is 0. The topological polar surface area (TPSA) is 376 Å². The van der Waals surface area contributed by atoms with Crippen LogP contribution in [-0.4, -0.2) is 100 Å². The average molecular weight is 268 g/mol. The van der Waals surface area contributed by atoms with Gasteiger partial charge in [-0.05, 0) is 0 Å². The molecule has 0 rings (SSSR count). The van der Waals surface area contributed by atoms with Crippen LogP contribution in [0.2, 0.25) is 0 Å². The standard InChI is InChI=1S/BH3O3.Mg.10H2O.2H/c2-1(3)4;;;;;;;;;;;;;/h2-4H;;10*1H2;;. The molecule has 0 heterocycles. The molecule has 0 amide bonds. The third-order valence-corrected chi connectivity index (χ3v) is 0. The first kappa shape index (κ1) is 286. The summed E-state index contributed by atoms with van der Waals surface area (Å²) >= 11 is 0. The van der Waals surface area contributed by atoms with Crippen molar-refractivity contribution in [1.82, 2.24) is 0 Å². The third-order valence-electron chi connectivity index (χ3n) is 0. The van der Waals surface area contributed by atoms with Gasteiger partial charge in [0.25, 0.3) is 0 Å². The van der Waals surface area contributed by atoms with Crippen LogP contribution in [-0.2, 0) is 0 Å². The molecule has 0 unspecified atom stereocenters. The van der Waals surface area contributed by atoms with Gasteiger partial charge in [0, 0.05) is 0 Å². The molecular weight excluding hydrogens is 243 g/mol. The molecule has 0 radical (unpaired) electrons. The van der Waals surface area contributed by atoms with Crippen molar-refractivity contribution in [3.8, 4) is 0 Å². The summed E-state index contributed by atoms with van der Waals surface area (Å²) in [5, 5.41) is 21.5. The summed E-state index contributed by atoms with van der Waals surface area (Å²) in [7, 11) is -2.17. The van der Waals surface area contributed by atoms with E-state index in [2.05, 4.69) is 0 Å². The van der Waals surface area contributed by atoms with Crippen LogP contribution in [0.5, 0.6) is 0 Å². The maximum absolute atomic E-state index is 7.17. The average Bonchev–Trinajstić information content (AvgIpc) is 0.811. The maximum atomic E-state index is 7.17. The molecule has 0 aliphatic heterocycles. The molecule has 0 aromatic heterocycles. The summed E-state index contributed by atoms with van der Waals surface area (Å²) in [4.78, 5) is 0. The number of hydrogen-bond acceptors (Lipinski definition) is 3. The first-order valence-electron chi connectivity index (χ1n) is 0.775. The first-order valence-corrected chi connectivity index (χ1v) is 0.775. The van der Waals surface area contributed by atoms with Gasteiger partial charge in [-0.25, -0.2) is 0 Å². The van der Waals surface area contributed by atoms with Crippen molar-refractivity contribution in [2.75, 3.05) is 0 Å². The molecular formula is H25BMgO13. The molecule has 0 aliphatic rings. The lowest BCUT2D eigenvalue weighted by atomic mass is 10.3. The van der Waals surface area contributed by atoms with Gasteiger partial charge in [0.1, 0.15) is 0 Å². The molecule has 0 saturated heterocycles. The molecule has 0 aliphatic carbocycles. The van der Waals surface area contributed by atoms with Crippen LogP contribution < -0.4 is 0 Å². The summed E-state index contributed by atoms with van der Waals surface area (Å²) < 4.78 is 0. The Morgan fingerprint density at radius 3 is 0.400 bits per heavy atom. The molecule has 13 nitrogen and oxygen atoms in total. The van der Waals surface area contributed by atoms with Crippen LogP contribution in [0.25, 0.3) is 0 Å². The Morgan fingerprint density at radius 1 is 0.400 bits per heavy atom. The van der Waals surface area contributed by atoms with Crippen molar-refractivity contribution in [3.63, 3.8) is 0 Å². The quantitative estimate of drug-likeness (QED) is 0.360. The lowest BCUT2D eigenvalue weighted by Gasteiger charge is -1.69. The molecule has 0 bridgehead atoms. The van der Waals surface area contributed by atoms with E-state index < -0.39 is 7.32 Å². The van der Waals surface area contributed by atoms with E-state index in [1.807, 2.05) is 0 Å². The molecule has 0 atom stereocenters. The lowest BCUT2D eigenvalue weighted by molar-refractivity contribution is 0.278. The van der Waals surface area contributed by atoms with Gasteiger partial charge < -0.3 is 69.8 Å². The molecule has 108 valence electrons. The van der Waals surface area contributed by atoms with E-state index in [4.69, 9.17) is 15.1 Å². The highest BCUT2D eigenvalue weighted by molar-refractivity contribution is 6.30. The predicted molar refractivity (Wildman–Crippen MR) is 57.1 cm³/mol. The van der Waals surface area contributed by atoms with Gasteiger partial charge in [-0.2, -0.15) is 0 Å². The second-order valence-corrected chi connectivity index (χ2v) is 0.346. The largest absolute Gasteiger partial charge is 0.631 e. The van der Waals surface area contributed by atoms with Crippen LogP contribution in [0.1, 0.15) is 0 Å². The molecule has 0 aromatic rings. The minimum absolute atomic E-state index is 0. The Labute approximate surface area is 101 Å². The van der Waals surface area contributed by atoms with Gasteiger partial charge in [-0.15, -0.1) is 0 Å². The fourth-order valence-electron chi connectivity index (χ4n) is 0. The van der Waals surface area contributed by atoms with Gasteiger partial charge in [-0.3, -0.25) is 0 Å². The zero-order valence-corrected chi connectivity index (χ0v) is 6.92. The molecule has 0 fully saturated rings. The van der Waals surface area contributed by atoms with E-state index in [0.29, 0.717) is 0 Å². The van der Waals surface area contributed by atoms with E-state index in [0.717, 1.165) is 0 Å². The predicted octanol–water partition coefficient (Wildman–Crippen LogP) is -11.2. The number of rotatable bonds is 0. The van der Waals surface area contributed by atoms with Crippen molar-refractivity contribution in [3.05, 3.63) is 0 Å². The highest BCUT2D eigenvalue weighted by atomic mass is 24.3. The van der Waals surface area contributed by atoms with E-state index in [9.17, 15) is 0 Å². The fourth-order valence-corrected chi connectivity index (χ4v) is 0. The second kappa shape index (κ2) is 231. The zero-order valence-electron chi connectivity index (χ0n) is 6.92. The highest BCUT2D eigenvalue weighted by Gasteiger charge is 1.92. The van der Waals surface area contributed by atoms with Crippen molar-refractivity contribution in [1.29, 1.82) is 0 Å². The molecule has 15 heteroatoms. The van der Waals surface area contributed by atoms with E-state index in [1.54, 1.807) is 0 Å². The highest BCUT2D eigenvalue weighted by Crippen LogP contribution is 1.40. The maximum Gasteiger partial charge on any atom is 0.631 e. The van der Waals surface area contributed by atoms with Crippen LogP contribution in [0.3, 0.4) is 0 Å². The third kappa shape index (κ3) is 22400. The molecule has 0 spiro atoms. The zero-order chi connectivity index (χ0) is 3.58. The smallest absolute Gasteiger partial charge is 0.412 e. The van der Waals surface area contributed by atoms with Crippen molar-refractivity contribution < 1.29 is 69.8 Å². The van der Waals surface area contributed by atoms with Crippen molar-refractivity contribution in [2.24, 2.45) is 0 Å². The van der Waals surface area contributed by atoms with Crippen molar-refractivity contribution in [2.45, 2.75) is 0 Å². The van der Waals surface area contributed by atoms with Crippen LogP contribution >= 0.6 is 0 Å². The Balaban J connectivity index is -0.000000000818. The van der Waals surface area contributed by atoms with Crippen LogP contribution in [0, 0.1) is 0 Å². The minimum atomic E-state index is -2.17. The van der Waals surface area contributed by atoms with E-state index in [1.165, 1.54) is 0 Å². The van der Waals surface area contributed by atoms with Crippen LogP contribution in [0.4, 0.5) is 0 Å². The normalized spacial score (nSPS) is 1.80. The van der Waals surface area contributed by atoms with Gasteiger partial charge in [0.15, 0.2) is 0 Å². The first-order chi connectivity index (χ1) is 1.73. The SMILES string of the molecule is O.O.O.O.O.O.O.O.O.O.OB(O)O.[MgH2]. The summed E-state index contributed by atoms with van der Waals surface area (Å²) in [6.07, 6.45) is 0. The molecule has 15 heavy (non-hydrogen) atoms. The Bertz CT molecular complexity index is 15.3. The molecule has 23 N–H and O–H groups in total. The van der Waals surface area contributed by atoms with Gasteiger partial charge in [0.05, 0.1) is 0 Å². The van der Waals surface area contributed by atoms with Crippen molar-refractivity contribution >= 4 is 30.4 Å². The molecule has 0 aromatic carbocycles. The van der Waals surface area contributed by atoms with Crippen LogP contribution in [0.15, 0.2) is 0 Å². The summed E-state index contributed by atoms with van der Waals surface area (Å²) in [5.74, 6) is 0. The lowest BCUT2D eigenvalue weighted by Crippen LogP contribution is -2.07. The Kier molecular flexibility index (Phi) is 4410. The van der Waals surface area contributed by atoms with Gasteiger partial charge >= 0.3 is 30.4 Å². The van der Waals surface area contributed by atoms with E-state index in [-0.39, 0.29) is 77.8 Å². The fraction of sp³-hybridized carbons (Fsp3) is 0. The number of hydrogen-bond donors (Lipinski definition) is 3. The monoisotopic (exact) mass is 268 g/mol. The van der Waals surface area contributed by atoms with E-state index >= 15 is 0 Å². The molecule has 0 saturated carbocycles. The van der Waals surface area contributed by atoms with Gasteiger partial charge in [0.2, 0.25) is 0 Å². The Morgan fingerprint density at radius 2 is 0.400 bits per heavy atom.